The Kier molecular flexibility index (Phi) is 8.04. The van der Waals surface area contributed by atoms with Crippen molar-refractivity contribution in [1.82, 2.24) is 0 Å². The lowest BCUT2D eigenvalue weighted by Gasteiger charge is -2.24. The third-order valence-electron chi connectivity index (χ3n) is 6.24. The van der Waals surface area contributed by atoms with Crippen LogP contribution in [-0.4, -0.2) is 36.6 Å². The van der Waals surface area contributed by atoms with E-state index in [4.69, 9.17) is 21.1 Å². The fourth-order valence-electron chi connectivity index (χ4n) is 4.47. The van der Waals surface area contributed by atoms with Gasteiger partial charge in [-0.1, -0.05) is 43.2 Å². The van der Waals surface area contributed by atoms with Gasteiger partial charge >= 0.3 is 6.36 Å². The molecule has 10 heteroatoms. The molecule has 2 aliphatic heterocycles. The highest BCUT2D eigenvalue weighted by Crippen LogP contribution is 2.48. The first kappa shape index (κ1) is 26.9. The van der Waals surface area contributed by atoms with Gasteiger partial charge in [0.05, 0.1) is 5.69 Å². The molecule has 198 valence electrons. The van der Waals surface area contributed by atoms with E-state index in [0.29, 0.717) is 35.9 Å². The summed E-state index contributed by atoms with van der Waals surface area (Å²) in [6, 6.07) is 8.07. The molecule has 0 saturated carbocycles. The van der Waals surface area contributed by atoms with Gasteiger partial charge in [-0.15, -0.1) is 24.8 Å². The number of unbranched alkanes of at least 4 members (excludes halogenated alkanes) is 1. The summed E-state index contributed by atoms with van der Waals surface area (Å²) in [6.07, 6.45) is 3.99. The molecule has 1 atom stereocenters. The van der Waals surface area contributed by atoms with Crippen LogP contribution in [0.3, 0.4) is 0 Å². The van der Waals surface area contributed by atoms with E-state index in [9.17, 15) is 23.1 Å². The summed E-state index contributed by atoms with van der Waals surface area (Å²) in [5, 5.41) is 11.8. The number of rotatable bonds is 10. The first-order valence-corrected chi connectivity index (χ1v) is 12.4. The van der Waals surface area contributed by atoms with E-state index in [1.54, 1.807) is 6.07 Å². The molecule has 0 saturated heterocycles. The highest BCUT2D eigenvalue weighted by Gasteiger charge is 2.52. The summed E-state index contributed by atoms with van der Waals surface area (Å²) in [7, 11) is 0. The number of alkyl halides is 4. The lowest BCUT2D eigenvalue weighted by atomic mass is 9.87. The van der Waals surface area contributed by atoms with Gasteiger partial charge in [-0.3, -0.25) is 4.79 Å². The largest absolute Gasteiger partial charge is 0.573 e. The summed E-state index contributed by atoms with van der Waals surface area (Å²) in [6.45, 7) is 2.28. The molecule has 0 aromatic heterocycles. The molecule has 2 aliphatic rings. The van der Waals surface area contributed by atoms with E-state index in [1.807, 2.05) is 12.2 Å². The Hall–Kier alpha value is -3.17. The third-order valence-corrected chi connectivity index (χ3v) is 6.42. The van der Waals surface area contributed by atoms with E-state index < -0.39 is 23.6 Å². The summed E-state index contributed by atoms with van der Waals surface area (Å²) in [5.41, 5.74) is -0.688. The van der Waals surface area contributed by atoms with Gasteiger partial charge in [0.15, 0.2) is 17.1 Å². The first-order valence-electron chi connectivity index (χ1n) is 11.9. The number of nitrogens with zero attached hydrogens (tertiary/aromatic N) is 1. The number of hydrogen-bond acceptors (Lipinski definition) is 5. The second-order valence-corrected chi connectivity index (χ2v) is 9.00. The fourth-order valence-corrected chi connectivity index (χ4v) is 4.59. The molecule has 1 unspecified atom stereocenters. The number of amides is 1. The van der Waals surface area contributed by atoms with Crippen molar-refractivity contribution in [3.63, 3.8) is 0 Å². The number of carbonyl (C=O) groups is 1. The Morgan fingerprint density at radius 3 is 2.70 bits per heavy atom. The van der Waals surface area contributed by atoms with E-state index in [0.717, 1.165) is 30.5 Å². The van der Waals surface area contributed by atoms with E-state index >= 15 is 0 Å². The number of hydrogen-bond donors (Lipinski definition) is 1. The number of anilines is 1. The molecule has 0 bridgehead atoms. The highest BCUT2D eigenvalue weighted by atomic mass is 35.5. The Bertz CT molecular complexity index is 1210. The third kappa shape index (κ3) is 5.72. The zero-order chi connectivity index (χ0) is 26.6. The van der Waals surface area contributed by atoms with Crippen LogP contribution >= 0.6 is 11.6 Å². The molecule has 1 N–H and O–H groups in total. The summed E-state index contributed by atoms with van der Waals surface area (Å²) in [5.74, 6) is -0.0345. The minimum Gasteiger partial charge on any atom is -0.454 e. The zero-order valence-corrected chi connectivity index (χ0v) is 20.9. The van der Waals surface area contributed by atoms with Gasteiger partial charge in [0.2, 0.25) is 6.79 Å². The van der Waals surface area contributed by atoms with Crippen LogP contribution in [0.1, 0.15) is 43.7 Å². The molecule has 2 aromatic rings. The average molecular weight is 538 g/mol. The van der Waals surface area contributed by atoms with Gasteiger partial charge in [-0.05, 0) is 49.6 Å². The smallest absolute Gasteiger partial charge is 0.454 e. The maximum absolute atomic E-state index is 13.8. The zero-order valence-electron chi connectivity index (χ0n) is 20.2. The number of halogens is 4. The van der Waals surface area contributed by atoms with Crippen molar-refractivity contribution in [3.05, 3.63) is 71.3 Å². The summed E-state index contributed by atoms with van der Waals surface area (Å²) < 4.78 is 53.6. The SMILES string of the molecule is CCC/C=C(\C/C=C\CCl)CCN1C(=O)C(O)(c2ccc3c(c2)OCO3)c2cc(OC(F)(F)F)ccc21. The maximum atomic E-state index is 13.8. The van der Waals surface area contributed by atoms with Crippen molar-refractivity contribution in [1.29, 1.82) is 0 Å². The molecule has 4 rings (SSSR count). The summed E-state index contributed by atoms with van der Waals surface area (Å²) in [4.78, 5) is 15.2. The summed E-state index contributed by atoms with van der Waals surface area (Å²) >= 11 is 5.74. The van der Waals surface area contributed by atoms with Crippen molar-refractivity contribution in [3.8, 4) is 17.2 Å². The quantitative estimate of drug-likeness (QED) is 0.289. The second kappa shape index (κ2) is 11.1. The lowest BCUT2D eigenvalue weighted by Crippen LogP contribution is -2.41. The minimum atomic E-state index is -4.93. The van der Waals surface area contributed by atoms with E-state index in [-0.39, 0.29) is 24.5 Å². The lowest BCUT2D eigenvalue weighted by molar-refractivity contribution is -0.274. The predicted molar refractivity (Wildman–Crippen MR) is 133 cm³/mol. The van der Waals surface area contributed by atoms with Crippen molar-refractivity contribution in [2.24, 2.45) is 0 Å². The molecule has 0 spiro atoms. The Morgan fingerprint density at radius 2 is 1.97 bits per heavy atom. The number of fused-ring (bicyclic) bond motifs is 2. The number of benzene rings is 2. The molecule has 2 aromatic carbocycles. The van der Waals surface area contributed by atoms with Crippen LogP contribution in [0.5, 0.6) is 17.2 Å². The van der Waals surface area contributed by atoms with Crippen LogP contribution < -0.4 is 19.1 Å². The fraction of sp³-hybridized carbons (Fsp3) is 0.370. The molecular formula is C27H27ClF3NO5. The number of aliphatic hydroxyl groups is 1. The van der Waals surface area contributed by atoms with Gasteiger partial charge in [0.1, 0.15) is 5.75 Å². The normalized spacial score (nSPS) is 19.1. The van der Waals surface area contributed by atoms with E-state index in [2.05, 4.69) is 17.7 Å². The van der Waals surface area contributed by atoms with Crippen LogP contribution in [0.15, 0.2) is 60.2 Å². The van der Waals surface area contributed by atoms with Gasteiger partial charge < -0.3 is 24.2 Å². The molecule has 0 aliphatic carbocycles. The monoisotopic (exact) mass is 537 g/mol. The number of ether oxygens (including phenoxy) is 3. The van der Waals surface area contributed by atoms with Crippen LogP contribution in [-0.2, 0) is 10.4 Å². The van der Waals surface area contributed by atoms with Gasteiger partial charge in [-0.2, -0.15) is 0 Å². The Labute approximate surface area is 217 Å². The molecular weight excluding hydrogens is 511 g/mol. The van der Waals surface area contributed by atoms with Crippen LogP contribution in [0.25, 0.3) is 0 Å². The second-order valence-electron chi connectivity index (χ2n) is 8.69. The number of carbonyl (C=O) groups excluding carboxylic acids is 1. The Morgan fingerprint density at radius 1 is 1.19 bits per heavy atom. The van der Waals surface area contributed by atoms with Crippen LogP contribution in [0.2, 0.25) is 0 Å². The van der Waals surface area contributed by atoms with Crippen LogP contribution in [0.4, 0.5) is 18.9 Å². The molecule has 0 radical (unpaired) electrons. The predicted octanol–water partition coefficient (Wildman–Crippen LogP) is 6.20. The number of allylic oxidation sites excluding steroid dienone is 3. The molecule has 1 amide bonds. The Balaban J connectivity index is 1.71. The molecule has 2 heterocycles. The first-order chi connectivity index (χ1) is 17.7. The van der Waals surface area contributed by atoms with Gasteiger partial charge in [-0.25, -0.2) is 0 Å². The topological polar surface area (TPSA) is 68.2 Å². The van der Waals surface area contributed by atoms with Crippen molar-refractivity contribution in [2.45, 2.75) is 44.6 Å². The van der Waals surface area contributed by atoms with Gasteiger partial charge in [0, 0.05) is 23.6 Å². The molecule has 6 nitrogen and oxygen atoms in total. The minimum absolute atomic E-state index is 0.000705. The standard InChI is InChI=1S/C27H27ClF3NO5/c1-2-3-6-18(7-4-5-13-28)12-14-32-22-10-9-20(37-27(29,30)31)16-21(22)26(34,25(32)33)19-8-11-23-24(15-19)36-17-35-23/h4-6,8-11,15-16,34H,2-3,7,12-14,17H2,1H3/b5-4-,18-6+. The van der Waals surface area contributed by atoms with Crippen LogP contribution in [0, 0.1) is 0 Å². The molecule has 37 heavy (non-hydrogen) atoms. The maximum Gasteiger partial charge on any atom is 0.573 e. The van der Waals surface area contributed by atoms with E-state index in [1.165, 1.54) is 23.1 Å². The highest BCUT2D eigenvalue weighted by molar-refractivity contribution is 6.18. The van der Waals surface area contributed by atoms with Crippen molar-refractivity contribution in [2.75, 3.05) is 24.1 Å². The van der Waals surface area contributed by atoms with Gasteiger partial charge in [0.25, 0.3) is 5.91 Å². The van der Waals surface area contributed by atoms with Crippen molar-refractivity contribution >= 4 is 23.2 Å². The van der Waals surface area contributed by atoms with Crippen molar-refractivity contribution < 1.29 is 37.3 Å². The molecule has 0 fully saturated rings. The average Bonchev–Trinajstić information content (AvgIpc) is 3.41.